The van der Waals surface area contributed by atoms with E-state index in [1.807, 2.05) is 19.9 Å². The quantitative estimate of drug-likeness (QED) is 0.0693. The number of aromatic nitrogens is 4. The first kappa shape index (κ1) is 54.2. The molecule has 5 heterocycles. The number of terminal acetylenes is 1. The van der Waals surface area contributed by atoms with Gasteiger partial charge < -0.3 is 43.2 Å². The van der Waals surface area contributed by atoms with E-state index in [2.05, 4.69) is 37.7 Å². The molecule has 0 radical (unpaired) electrons. The molecule has 0 spiro atoms. The van der Waals surface area contributed by atoms with Crippen LogP contribution in [-0.2, 0) is 36.8 Å². The lowest BCUT2D eigenvalue weighted by atomic mass is 9.87. The Kier molecular flexibility index (Phi) is 18.7. The Labute approximate surface area is 439 Å². The fourth-order valence-electron chi connectivity index (χ4n) is 9.03. The number of ether oxygens (including phenoxy) is 7. The molecule has 15 nitrogen and oxygen atoms in total. The van der Waals surface area contributed by atoms with Gasteiger partial charge in [-0.25, -0.2) is 33.5 Å². The van der Waals surface area contributed by atoms with Crippen LogP contribution >= 0.6 is 22.9 Å². The Balaban J connectivity index is 1.13. The molecule has 19 heteroatoms. The number of rotatable bonds is 17. The third kappa shape index (κ3) is 13.6. The first-order valence-corrected chi connectivity index (χ1v) is 25.8. The lowest BCUT2D eigenvalue weighted by molar-refractivity contribution is -0.145. The van der Waals surface area contributed by atoms with Gasteiger partial charge in [-0.1, -0.05) is 36.7 Å². The van der Waals surface area contributed by atoms with Gasteiger partial charge in [0.2, 0.25) is 12.0 Å². The summed E-state index contributed by atoms with van der Waals surface area (Å²) in [5.41, 5.74) is 2.99. The predicted octanol–water partition coefficient (Wildman–Crippen LogP) is 9.19. The second-order valence-corrected chi connectivity index (χ2v) is 19.8. The molecule has 8 rings (SSSR count). The van der Waals surface area contributed by atoms with Crippen LogP contribution in [0.2, 0.25) is 0 Å². The van der Waals surface area contributed by atoms with Crippen molar-refractivity contribution in [1.29, 1.82) is 0 Å². The van der Waals surface area contributed by atoms with Crippen molar-refractivity contribution >= 4 is 50.3 Å². The SMILES string of the molecule is C#C/C1=C(Cl)\C(C)=C(/CC)c2c(-c3ccc(F)cc3)sc3ncnc(c23)O[C@@H](C(=O)O)Cc2cc(ccc2OCc2ccnc(C3=CC[C@@](F)(COCCOCCOC)CC3)n2)OC[C@@H](CN2CCN(C)CC2)O1. The van der Waals surface area contributed by atoms with Crippen molar-refractivity contribution in [3.8, 4) is 40.2 Å². The molecule has 0 saturated carbocycles. The standard InChI is InChI=1S/C55H61ClF2N6O9S/c1-6-43-35(3)49(56)44(7-2)72-42(30-64-22-20-63(4)21-23-64)32-70-41-12-13-45(71-31-40-16-19-59-51(62-40)37-14-17-55(58,18-15-37)33-69-27-26-68-25-24-67-5)38(28-41)29-46(54(65)66)73-52-48-47(43)50(74-53(48)61-34-60-52)36-8-10-39(57)11-9-36/h2,8-14,16,19,28,34,42,46H,6,15,17-18,20-27,29-33H2,1,3-5H3,(H,65,66)/b43-35+,49-44-/t42-,46-,55+/m1/s1. The molecular weight excluding hydrogens is 994 g/mol. The smallest absolute Gasteiger partial charge is 0.345 e. The number of carboxylic acids is 1. The Bertz CT molecular complexity index is 2900. The molecule has 3 aromatic heterocycles. The van der Waals surface area contributed by atoms with Gasteiger partial charge in [-0.2, -0.15) is 0 Å². The zero-order chi connectivity index (χ0) is 52.2. The van der Waals surface area contributed by atoms with Crippen molar-refractivity contribution in [2.45, 2.75) is 70.4 Å². The summed E-state index contributed by atoms with van der Waals surface area (Å²) in [6, 6.07) is 13.0. The Morgan fingerprint density at radius 1 is 1.04 bits per heavy atom. The zero-order valence-corrected chi connectivity index (χ0v) is 43.6. The minimum absolute atomic E-state index is 0.00667. The predicted molar refractivity (Wildman–Crippen MR) is 279 cm³/mol. The molecule has 1 saturated heterocycles. The van der Waals surface area contributed by atoms with Crippen LogP contribution in [0.15, 0.2) is 83.5 Å². The van der Waals surface area contributed by atoms with Crippen molar-refractivity contribution < 1.29 is 51.8 Å². The van der Waals surface area contributed by atoms with E-state index >= 15 is 4.39 Å². The third-order valence-corrected chi connectivity index (χ3v) is 14.8. The summed E-state index contributed by atoms with van der Waals surface area (Å²) in [6.45, 7) is 9.23. The summed E-state index contributed by atoms with van der Waals surface area (Å²) in [4.78, 5) is 37.6. The number of aliphatic carboxylic acids is 1. The highest BCUT2D eigenvalue weighted by molar-refractivity contribution is 7.22. The normalized spacial score (nSPS) is 22.2. The second-order valence-electron chi connectivity index (χ2n) is 18.4. The van der Waals surface area contributed by atoms with Crippen molar-refractivity contribution in [2.24, 2.45) is 0 Å². The first-order valence-electron chi connectivity index (χ1n) is 24.7. The number of hydrogen-bond acceptors (Lipinski definition) is 15. The van der Waals surface area contributed by atoms with Gasteiger partial charge in [-0.05, 0) is 97.8 Å². The molecule has 3 atom stereocenters. The number of hydrogen-bond donors (Lipinski definition) is 1. The number of allylic oxidation sites excluding steroid dienone is 6. The molecule has 3 aliphatic rings. The molecule has 0 amide bonds. The lowest BCUT2D eigenvalue weighted by Crippen LogP contribution is -2.48. The van der Waals surface area contributed by atoms with E-state index in [1.165, 1.54) is 29.8 Å². The van der Waals surface area contributed by atoms with Crippen LogP contribution in [0.5, 0.6) is 17.4 Å². The number of carboxylic acid groups (broad SMARTS) is 1. The molecule has 1 N–H and O–H groups in total. The number of alkyl halides is 1. The van der Waals surface area contributed by atoms with Crippen molar-refractivity contribution in [3.05, 3.63) is 112 Å². The molecule has 1 aliphatic carbocycles. The van der Waals surface area contributed by atoms with Crippen LogP contribution < -0.4 is 14.2 Å². The molecule has 2 aliphatic heterocycles. The van der Waals surface area contributed by atoms with Gasteiger partial charge in [0.05, 0.1) is 49.1 Å². The van der Waals surface area contributed by atoms with Crippen molar-refractivity contribution in [2.75, 3.05) is 86.5 Å². The largest absolute Gasteiger partial charge is 0.490 e. The highest BCUT2D eigenvalue weighted by Crippen LogP contribution is 2.48. The maximum Gasteiger partial charge on any atom is 0.345 e. The number of fused-ring (bicyclic) bond motifs is 2. The van der Waals surface area contributed by atoms with Crippen molar-refractivity contribution in [3.63, 3.8) is 0 Å². The van der Waals surface area contributed by atoms with Gasteiger partial charge in [0.1, 0.15) is 53.5 Å². The fraction of sp³-hybridized carbons (Fsp3) is 0.436. The van der Waals surface area contributed by atoms with Gasteiger partial charge >= 0.3 is 5.97 Å². The van der Waals surface area contributed by atoms with Crippen molar-refractivity contribution in [1.82, 2.24) is 29.7 Å². The van der Waals surface area contributed by atoms with Crippen LogP contribution in [-0.4, -0.2) is 145 Å². The lowest BCUT2D eigenvalue weighted by Gasteiger charge is -2.34. The number of thiophene rings is 1. The van der Waals surface area contributed by atoms with Crippen LogP contribution in [0, 0.1) is 18.2 Å². The number of likely N-dealkylation sites (N-methyl/N-ethyl adjacent to an activating group) is 1. The van der Waals surface area contributed by atoms with E-state index in [9.17, 15) is 14.3 Å². The maximum atomic E-state index is 15.7. The highest BCUT2D eigenvalue weighted by Gasteiger charge is 2.34. The Hall–Kier alpha value is -6.04. The molecule has 2 aromatic carbocycles. The van der Waals surface area contributed by atoms with Crippen LogP contribution in [0.25, 0.3) is 31.8 Å². The average molecular weight is 1060 g/mol. The summed E-state index contributed by atoms with van der Waals surface area (Å²) in [5, 5.41) is 11.6. The Morgan fingerprint density at radius 3 is 2.55 bits per heavy atom. The minimum atomic E-state index is -1.52. The number of methoxy groups -OCH3 is 1. The van der Waals surface area contributed by atoms with E-state index in [0.29, 0.717) is 99.6 Å². The molecule has 2 bridgehead atoms. The number of carbonyl (C=O) groups is 1. The molecule has 5 aromatic rings. The third-order valence-electron chi connectivity index (χ3n) is 13.2. The van der Waals surface area contributed by atoms with E-state index < -0.39 is 29.7 Å². The summed E-state index contributed by atoms with van der Waals surface area (Å²) >= 11 is 8.63. The average Bonchev–Trinajstić information content (AvgIpc) is 3.79. The summed E-state index contributed by atoms with van der Waals surface area (Å²) in [7, 11) is 3.69. The van der Waals surface area contributed by atoms with E-state index in [4.69, 9.17) is 56.2 Å². The summed E-state index contributed by atoms with van der Waals surface area (Å²) in [6.07, 6.45) is 9.98. The monoisotopic (exact) mass is 1050 g/mol. The molecule has 0 unspecified atom stereocenters. The van der Waals surface area contributed by atoms with Crippen LogP contribution in [0.3, 0.4) is 0 Å². The Morgan fingerprint density at radius 2 is 1.82 bits per heavy atom. The highest BCUT2D eigenvalue weighted by atomic mass is 35.5. The van der Waals surface area contributed by atoms with Gasteiger partial charge in [0, 0.05) is 74.9 Å². The van der Waals surface area contributed by atoms with E-state index in [-0.39, 0.29) is 62.4 Å². The van der Waals surface area contributed by atoms with Gasteiger partial charge in [0.15, 0.2) is 11.6 Å². The number of halogens is 3. The van der Waals surface area contributed by atoms with E-state index in [1.54, 1.807) is 49.7 Å². The molecular formula is C55H61ClF2N6O9S. The number of nitrogens with zero attached hydrogens (tertiary/aromatic N) is 6. The summed E-state index contributed by atoms with van der Waals surface area (Å²) in [5.74, 6) is 2.43. The van der Waals surface area contributed by atoms with Gasteiger partial charge in [-0.3, -0.25) is 4.90 Å². The molecule has 74 heavy (non-hydrogen) atoms. The second kappa shape index (κ2) is 25.5. The number of benzene rings is 2. The molecule has 1 fully saturated rings. The maximum absolute atomic E-state index is 15.7. The van der Waals surface area contributed by atoms with E-state index in [0.717, 1.165) is 37.3 Å². The van der Waals surface area contributed by atoms with Gasteiger partial charge in [-0.15, -0.1) is 17.8 Å². The zero-order valence-electron chi connectivity index (χ0n) is 42.0. The summed E-state index contributed by atoms with van der Waals surface area (Å²) < 4.78 is 72.2. The topological polar surface area (TPSA) is 160 Å². The number of piperazine rings is 1. The first-order chi connectivity index (χ1) is 35.8. The minimum Gasteiger partial charge on any atom is -0.490 e. The fourth-order valence-corrected chi connectivity index (χ4v) is 10.4. The van der Waals surface area contributed by atoms with Gasteiger partial charge in [0.25, 0.3) is 0 Å². The van der Waals surface area contributed by atoms with Crippen LogP contribution in [0.4, 0.5) is 8.78 Å². The molecule has 392 valence electrons. The van der Waals surface area contributed by atoms with Crippen LogP contribution in [0.1, 0.15) is 62.2 Å².